The number of allylic oxidation sites excluding steroid dienone is 8. The van der Waals surface area contributed by atoms with Crippen molar-refractivity contribution in [1.82, 2.24) is 0 Å². The van der Waals surface area contributed by atoms with Gasteiger partial charge in [-0.25, -0.2) is 0 Å². The van der Waals surface area contributed by atoms with E-state index in [1.807, 2.05) is 6.08 Å². The minimum Gasteiger partial charge on any atom is -0.390 e. The SMILES string of the molecule is C=CCC.CC/C=C/CC(C)/C=C/CC/C=C/CC(C)CCC1CC2CCC(O)C(O)C2C=C1C. The Bertz CT molecular complexity index is 671. The third kappa shape index (κ3) is 12.9. The van der Waals surface area contributed by atoms with Crippen LogP contribution in [0.15, 0.2) is 60.8 Å². The molecule has 0 aromatic rings. The van der Waals surface area contributed by atoms with Gasteiger partial charge in [0.05, 0.1) is 12.2 Å². The van der Waals surface area contributed by atoms with E-state index in [0.29, 0.717) is 17.8 Å². The molecule has 0 radical (unpaired) electrons. The Morgan fingerprint density at radius 1 is 0.971 bits per heavy atom. The molecule has 2 aliphatic rings. The highest BCUT2D eigenvalue weighted by Crippen LogP contribution is 2.43. The van der Waals surface area contributed by atoms with Gasteiger partial charge in [-0.05, 0) is 101 Å². The molecule has 7 atom stereocenters. The first-order valence-corrected chi connectivity index (χ1v) is 14.5. The van der Waals surface area contributed by atoms with Crippen LogP contribution in [-0.2, 0) is 0 Å². The van der Waals surface area contributed by atoms with E-state index in [9.17, 15) is 10.2 Å². The minimum atomic E-state index is -0.560. The summed E-state index contributed by atoms with van der Waals surface area (Å²) in [5.74, 6) is 2.75. The predicted molar refractivity (Wildman–Crippen MR) is 154 cm³/mol. The van der Waals surface area contributed by atoms with Crippen molar-refractivity contribution in [2.75, 3.05) is 0 Å². The molecule has 7 unspecified atom stereocenters. The highest BCUT2D eigenvalue weighted by molar-refractivity contribution is 5.15. The summed E-state index contributed by atoms with van der Waals surface area (Å²) in [5, 5.41) is 20.3. The van der Waals surface area contributed by atoms with Gasteiger partial charge >= 0.3 is 0 Å². The summed E-state index contributed by atoms with van der Waals surface area (Å²) in [4.78, 5) is 0. The molecule has 200 valence electrons. The second-order valence-electron chi connectivity index (χ2n) is 11.0. The highest BCUT2D eigenvalue weighted by atomic mass is 16.3. The molecule has 2 heteroatoms. The Labute approximate surface area is 218 Å². The number of aliphatic hydroxyl groups is 2. The second-order valence-corrected chi connectivity index (χ2v) is 11.0. The fraction of sp³-hybridized carbons (Fsp3) is 0.697. The molecule has 1 fully saturated rings. The normalized spacial score (nSPS) is 28.4. The number of hydrogen-bond acceptors (Lipinski definition) is 2. The van der Waals surface area contributed by atoms with Crippen LogP contribution in [0.4, 0.5) is 0 Å². The van der Waals surface area contributed by atoms with Crippen molar-refractivity contribution >= 4 is 0 Å². The summed E-state index contributed by atoms with van der Waals surface area (Å²) in [6, 6.07) is 0. The molecule has 2 rings (SSSR count). The number of aliphatic hydroxyl groups excluding tert-OH is 2. The van der Waals surface area contributed by atoms with Gasteiger partial charge in [-0.3, -0.25) is 0 Å². The van der Waals surface area contributed by atoms with E-state index in [4.69, 9.17) is 0 Å². The molecule has 35 heavy (non-hydrogen) atoms. The topological polar surface area (TPSA) is 40.5 Å². The van der Waals surface area contributed by atoms with Gasteiger partial charge in [-0.2, -0.15) is 0 Å². The molecule has 2 N–H and O–H groups in total. The number of unbranched alkanes of at least 4 members (excludes halogenated alkanes) is 1. The van der Waals surface area contributed by atoms with E-state index in [0.717, 1.165) is 50.9 Å². The van der Waals surface area contributed by atoms with Crippen molar-refractivity contribution in [3.8, 4) is 0 Å². The van der Waals surface area contributed by atoms with Crippen molar-refractivity contribution in [3.05, 3.63) is 60.8 Å². The Morgan fingerprint density at radius 2 is 1.66 bits per heavy atom. The van der Waals surface area contributed by atoms with Gasteiger partial charge in [-0.1, -0.05) is 81.9 Å². The third-order valence-electron chi connectivity index (χ3n) is 7.73. The van der Waals surface area contributed by atoms with E-state index >= 15 is 0 Å². The molecule has 0 aromatic carbocycles. The first-order valence-electron chi connectivity index (χ1n) is 14.5. The number of hydrogen-bond donors (Lipinski definition) is 2. The molecule has 2 nitrogen and oxygen atoms in total. The lowest BCUT2D eigenvalue weighted by molar-refractivity contribution is -0.0586. The fourth-order valence-electron chi connectivity index (χ4n) is 5.26. The summed E-state index contributed by atoms with van der Waals surface area (Å²) >= 11 is 0. The summed E-state index contributed by atoms with van der Waals surface area (Å²) in [6.07, 6.45) is 29.4. The van der Waals surface area contributed by atoms with Gasteiger partial charge in [-0.15, -0.1) is 6.58 Å². The van der Waals surface area contributed by atoms with Gasteiger partial charge in [0, 0.05) is 5.92 Å². The van der Waals surface area contributed by atoms with Crippen molar-refractivity contribution in [1.29, 1.82) is 0 Å². The molecule has 0 bridgehead atoms. The lowest BCUT2D eigenvalue weighted by atomic mass is 9.66. The predicted octanol–water partition coefficient (Wildman–Crippen LogP) is 8.97. The molecule has 1 saturated carbocycles. The molecule has 0 amide bonds. The van der Waals surface area contributed by atoms with Gasteiger partial charge < -0.3 is 10.2 Å². The zero-order valence-electron chi connectivity index (χ0n) is 23.5. The highest BCUT2D eigenvalue weighted by Gasteiger charge is 2.40. The molecule has 0 heterocycles. The largest absolute Gasteiger partial charge is 0.390 e. The standard InChI is InChI=1S/C29H48O2.C4H8/c1-5-6-10-13-22(2)14-11-8-7-9-12-15-23(3)16-17-25-21-26-18-19-28(30)29(31)27(26)20-24(25)4;1-3-4-2/h6,9-12,14,20,22-23,25-31H,5,7-8,13,15-19,21H2,1-4H3;3H,1,4H2,2H3/b10-6+,12-9+,14-11+;. The third-order valence-corrected chi connectivity index (χ3v) is 7.73. The van der Waals surface area contributed by atoms with Crippen LogP contribution in [-0.4, -0.2) is 22.4 Å². The first kappa shape index (κ1) is 31.6. The molecule has 0 aromatic heterocycles. The average molecular weight is 485 g/mol. The quantitative estimate of drug-likeness (QED) is 0.202. The lowest BCUT2D eigenvalue weighted by Gasteiger charge is -2.42. The van der Waals surface area contributed by atoms with E-state index < -0.39 is 12.2 Å². The Kier molecular flexibility index (Phi) is 17.0. The first-order chi connectivity index (χ1) is 16.8. The van der Waals surface area contributed by atoms with Crippen LogP contribution in [0.5, 0.6) is 0 Å². The molecule has 0 aliphatic heterocycles. The second kappa shape index (κ2) is 18.8. The number of rotatable bonds is 13. The van der Waals surface area contributed by atoms with Crippen LogP contribution < -0.4 is 0 Å². The van der Waals surface area contributed by atoms with E-state index in [2.05, 4.69) is 83.7 Å². The van der Waals surface area contributed by atoms with Crippen LogP contribution in [0.25, 0.3) is 0 Å². The van der Waals surface area contributed by atoms with E-state index in [1.54, 1.807) is 0 Å². The maximum Gasteiger partial charge on any atom is 0.0864 e. The fourth-order valence-corrected chi connectivity index (χ4v) is 5.26. The monoisotopic (exact) mass is 484 g/mol. The zero-order chi connectivity index (χ0) is 26.1. The molecular weight excluding hydrogens is 428 g/mol. The summed E-state index contributed by atoms with van der Waals surface area (Å²) < 4.78 is 0. The summed E-state index contributed by atoms with van der Waals surface area (Å²) in [5.41, 5.74) is 1.43. The van der Waals surface area contributed by atoms with Crippen LogP contribution in [0.2, 0.25) is 0 Å². The Hall–Kier alpha value is -1.38. The van der Waals surface area contributed by atoms with Gasteiger partial charge in [0.2, 0.25) is 0 Å². The van der Waals surface area contributed by atoms with Crippen molar-refractivity contribution in [2.24, 2.45) is 29.6 Å². The minimum absolute atomic E-state index is 0.171. The number of fused-ring (bicyclic) bond motifs is 1. The maximum absolute atomic E-state index is 10.3. The van der Waals surface area contributed by atoms with Crippen LogP contribution >= 0.6 is 0 Å². The summed E-state index contributed by atoms with van der Waals surface area (Å²) in [6.45, 7) is 14.6. The van der Waals surface area contributed by atoms with Crippen LogP contribution in [0, 0.1) is 29.6 Å². The van der Waals surface area contributed by atoms with Crippen molar-refractivity contribution in [3.63, 3.8) is 0 Å². The lowest BCUT2D eigenvalue weighted by Crippen LogP contribution is -2.43. The maximum atomic E-state index is 10.3. The Balaban J connectivity index is 0.00000142. The average Bonchev–Trinajstić information content (AvgIpc) is 2.85. The Morgan fingerprint density at radius 3 is 2.34 bits per heavy atom. The molecule has 0 saturated heterocycles. The molecule has 0 spiro atoms. The van der Waals surface area contributed by atoms with Gasteiger partial charge in [0.15, 0.2) is 0 Å². The molecule has 2 aliphatic carbocycles. The van der Waals surface area contributed by atoms with Crippen molar-refractivity contribution < 1.29 is 10.2 Å². The summed E-state index contributed by atoms with van der Waals surface area (Å²) in [7, 11) is 0. The molecular formula is C33H56O2. The smallest absolute Gasteiger partial charge is 0.0864 e. The van der Waals surface area contributed by atoms with Crippen LogP contribution in [0.1, 0.15) is 105 Å². The van der Waals surface area contributed by atoms with Gasteiger partial charge in [0.25, 0.3) is 0 Å². The zero-order valence-corrected chi connectivity index (χ0v) is 23.5. The van der Waals surface area contributed by atoms with Crippen LogP contribution in [0.3, 0.4) is 0 Å². The van der Waals surface area contributed by atoms with E-state index in [1.165, 1.54) is 31.3 Å². The van der Waals surface area contributed by atoms with Crippen molar-refractivity contribution in [2.45, 2.75) is 117 Å². The van der Waals surface area contributed by atoms with E-state index in [-0.39, 0.29) is 5.92 Å². The van der Waals surface area contributed by atoms with Gasteiger partial charge in [0.1, 0.15) is 0 Å².